The number of nitrogens with one attached hydrogen (secondary N) is 1. The molecule has 0 aliphatic carbocycles. The molecule has 1 aromatic carbocycles. The van der Waals surface area contributed by atoms with Crippen molar-refractivity contribution in [1.82, 2.24) is 5.32 Å². The topological polar surface area (TPSA) is 69.6 Å². The Balaban J connectivity index is 2.46. The second-order valence-corrected chi connectivity index (χ2v) is 3.50. The summed E-state index contributed by atoms with van der Waals surface area (Å²) >= 11 is 0. The Bertz CT molecular complexity index is 415. The molecule has 0 radical (unpaired) electrons. The molecule has 80 valence electrons. The summed E-state index contributed by atoms with van der Waals surface area (Å²) in [7, 11) is 0. The Morgan fingerprint density at radius 2 is 2.20 bits per heavy atom. The first-order chi connectivity index (χ1) is 7.09. The van der Waals surface area contributed by atoms with Crippen molar-refractivity contribution in [1.29, 1.82) is 0 Å². The number of hydrogen-bond acceptors (Lipinski definition) is 3. The molecular formula is C10H10FNO3. The molecule has 0 unspecified atom stereocenters. The number of rotatable bonds is 2. The van der Waals surface area contributed by atoms with Gasteiger partial charge in [0.2, 0.25) is 0 Å². The molecule has 0 amide bonds. The number of aromatic carboxylic acids is 1. The molecule has 1 aromatic rings. The third-order valence-electron chi connectivity index (χ3n) is 2.54. The van der Waals surface area contributed by atoms with Crippen LogP contribution >= 0.6 is 0 Å². The second kappa shape index (κ2) is 3.51. The van der Waals surface area contributed by atoms with E-state index in [2.05, 4.69) is 5.32 Å². The predicted octanol–water partition coefficient (Wildman–Crippen LogP) is 1.26. The van der Waals surface area contributed by atoms with E-state index in [9.17, 15) is 14.3 Å². The minimum absolute atomic E-state index is 0.140. The number of phenols is 1. The lowest BCUT2D eigenvalue weighted by molar-refractivity contribution is 0.0696. The van der Waals surface area contributed by atoms with Gasteiger partial charge >= 0.3 is 5.97 Å². The molecule has 0 aromatic heterocycles. The minimum Gasteiger partial charge on any atom is -0.505 e. The van der Waals surface area contributed by atoms with Crippen LogP contribution < -0.4 is 5.32 Å². The average Bonchev–Trinajstić information content (AvgIpc) is 2.09. The van der Waals surface area contributed by atoms with Crippen molar-refractivity contribution in [2.24, 2.45) is 0 Å². The SMILES string of the molecule is O=C(O)c1cc(F)c(O)c([C@H]2CCN2)c1. The molecular weight excluding hydrogens is 201 g/mol. The van der Waals surface area contributed by atoms with Gasteiger partial charge in [0.25, 0.3) is 0 Å². The summed E-state index contributed by atoms with van der Waals surface area (Å²) in [5.41, 5.74) is 0.174. The Morgan fingerprint density at radius 1 is 1.53 bits per heavy atom. The van der Waals surface area contributed by atoms with Gasteiger partial charge in [-0.1, -0.05) is 0 Å². The van der Waals surface area contributed by atoms with Crippen LogP contribution in [0, 0.1) is 5.82 Å². The van der Waals surface area contributed by atoms with Crippen LogP contribution in [0.3, 0.4) is 0 Å². The fourth-order valence-electron chi connectivity index (χ4n) is 1.56. The van der Waals surface area contributed by atoms with E-state index < -0.39 is 17.5 Å². The molecule has 5 heteroatoms. The molecule has 1 aliphatic heterocycles. The van der Waals surface area contributed by atoms with Crippen molar-refractivity contribution in [3.8, 4) is 5.75 Å². The molecule has 1 aliphatic rings. The molecule has 0 bridgehead atoms. The Labute approximate surface area is 85.4 Å². The molecule has 4 nitrogen and oxygen atoms in total. The minimum atomic E-state index is -1.20. The number of carboxylic acids is 1. The maximum absolute atomic E-state index is 13.2. The fourth-order valence-corrected chi connectivity index (χ4v) is 1.56. The standard InChI is InChI=1S/C10H10FNO3/c11-7-4-5(10(14)15)3-6(9(7)13)8-1-2-12-8/h3-4,8,12-13H,1-2H2,(H,14,15)/t8-/m1/s1. The third-order valence-corrected chi connectivity index (χ3v) is 2.54. The van der Waals surface area contributed by atoms with Crippen molar-refractivity contribution < 1.29 is 19.4 Å². The number of hydrogen-bond donors (Lipinski definition) is 3. The Hall–Kier alpha value is -1.62. The van der Waals surface area contributed by atoms with Crippen LogP contribution in [0.25, 0.3) is 0 Å². The third kappa shape index (κ3) is 1.66. The van der Waals surface area contributed by atoms with E-state index >= 15 is 0 Å². The lowest BCUT2D eigenvalue weighted by atomic mass is 9.95. The monoisotopic (exact) mass is 211 g/mol. The van der Waals surface area contributed by atoms with E-state index in [1.54, 1.807) is 0 Å². The van der Waals surface area contributed by atoms with Crippen LogP contribution in [0.15, 0.2) is 12.1 Å². The van der Waals surface area contributed by atoms with E-state index in [1.165, 1.54) is 6.07 Å². The highest BCUT2D eigenvalue weighted by Crippen LogP contribution is 2.33. The average molecular weight is 211 g/mol. The summed E-state index contributed by atoms with van der Waals surface area (Å²) in [6.07, 6.45) is 0.774. The summed E-state index contributed by atoms with van der Waals surface area (Å²) < 4.78 is 13.2. The number of carbonyl (C=O) groups is 1. The predicted molar refractivity (Wildman–Crippen MR) is 50.4 cm³/mol. The lowest BCUT2D eigenvalue weighted by Gasteiger charge is -2.28. The number of benzene rings is 1. The van der Waals surface area contributed by atoms with Crippen LogP contribution in [0.4, 0.5) is 4.39 Å². The molecule has 0 spiro atoms. The van der Waals surface area contributed by atoms with Gasteiger partial charge in [-0.25, -0.2) is 9.18 Å². The van der Waals surface area contributed by atoms with E-state index in [0.29, 0.717) is 5.56 Å². The van der Waals surface area contributed by atoms with Crippen LogP contribution in [-0.4, -0.2) is 22.7 Å². The van der Waals surface area contributed by atoms with Crippen molar-refractivity contribution in [2.75, 3.05) is 6.54 Å². The highest BCUT2D eigenvalue weighted by Gasteiger charge is 2.24. The van der Waals surface area contributed by atoms with Gasteiger partial charge in [0, 0.05) is 11.6 Å². The van der Waals surface area contributed by atoms with Crippen molar-refractivity contribution in [3.05, 3.63) is 29.1 Å². The highest BCUT2D eigenvalue weighted by atomic mass is 19.1. The zero-order valence-electron chi connectivity index (χ0n) is 7.83. The van der Waals surface area contributed by atoms with E-state index in [0.717, 1.165) is 19.0 Å². The van der Waals surface area contributed by atoms with Crippen LogP contribution in [0.5, 0.6) is 5.75 Å². The van der Waals surface area contributed by atoms with Gasteiger partial charge in [0.15, 0.2) is 11.6 Å². The van der Waals surface area contributed by atoms with Crippen molar-refractivity contribution in [2.45, 2.75) is 12.5 Å². The first-order valence-corrected chi connectivity index (χ1v) is 4.58. The second-order valence-electron chi connectivity index (χ2n) is 3.50. The van der Waals surface area contributed by atoms with E-state index in [1.807, 2.05) is 0 Å². The fraction of sp³-hybridized carbons (Fsp3) is 0.300. The van der Waals surface area contributed by atoms with Gasteiger partial charge in [-0.2, -0.15) is 0 Å². The first kappa shape index (κ1) is 9.92. The molecule has 1 heterocycles. The van der Waals surface area contributed by atoms with Crippen LogP contribution in [0.1, 0.15) is 28.4 Å². The molecule has 2 rings (SSSR count). The summed E-state index contributed by atoms with van der Waals surface area (Å²) in [4.78, 5) is 10.7. The number of phenolic OH excluding ortho intramolecular Hbond substituents is 1. The van der Waals surface area contributed by atoms with Gasteiger partial charge < -0.3 is 15.5 Å². The molecule has 1 atom stereocenters. The number of halogens is 1. The Morgan fingerprint density at radius 3 is 2.67 bits per heavy atom. The largest absolute Gasteiger partial charge is 0.505 e. The van der Waals surface area contributed by atoms with Crippen LogP contribution in [0.2, 0.25) is 0 Å². The summed E-state index contributed by atoms with van der Waals surface area (Å²) in [6.45, 7) is 0.795. The van der Waals surface area contributed by atoms with Gasteiger partial charge in [0.05, 0.1) is 5.56 Å². The normalized spacial score (nSPS) is 19.7. The summed E-state index contributed by atoms with van der Waals surface area (Å²) in [6, 6.07) is 1.98. The van der Waals surface area contributed by atoms with Gasteiger partial charge in [-0.05, 0) is 25.1 Å². The Kier molecular flexibility index (Phi) is 2.32. The number of aromatic hydroxyl groups is 1. The first-order valence-electron chi connectivity index (χ1n) is 4.58. The smallest absolute Gasteiger partial charge is 0.335 e. The summed E-state index contributed by atoms with van der Waals surface area (Å²) in [5, 5.41) is 21.1. The molecule has 0 saturated carbocycles. The van der Waals surface area contributed by atoms with E-state index in [-0.39, 0.29) is 11.6 Å². The van der Waals surface area contributed by atoms with Gasteiger partial charge in [-0.3, -0.25) is 0 Å². The van der Waals surface area contributed by atoms with Crippen LogP contribution in [-0.2, 0) is 0 Å². The molecule has 15 heavy (non-hydrogen) atoms. The zero-order valence-corrected chi connectivity index (χ0v) is 7.83. The maximum Gasteiger partial charge on any atom is 0.335 e. The maximum atomic E-state index is 13.2. The quantitative estimate of drug-likeness (QED) is 0.688. The van der Waals surface area contributed by atoms with Gasteiger partial charge in [0.1, 0.15) is 0 Å². The van der Waals surface area contributed by atoms with E-state index in [4.69, 9.17) is 5.11 Å². The highest BCUT2D eigenvalue weighted by molar-refractivity contribution is 5.88. The zero-order chi connectivity index (χ0) is 11.0. The lowest BCUT2D eigenvalue weighted by Crippen LogP contribution is -2.35. The summed E-state index contributed by atoms with van der Waals surface area (Å²) in [5.74, 6) is -2.55. The van der Waals surface area contributed by atoms with Gasteiger partial charge in [-0.15, -0.1) is 0 Å². The van der Waals surface area contributed by atoms with Crippen molar-refractivity contribution >= 4 is 5.97 Å². The molecule has 3 N–H and O–H groups in total. The molecule has 1 fully saturated rings. The number of carboxylic acid groups (broad SMARTS) is 1. The van der Waals surface area contributed by atoms with Crippen molar-refractivity contribution in [3.63, 3.8) is 0 Å². The molecule has 1 saturated heterocycles.